The topological polar surface area (TPSA) is 12.0 Å². The van der Waals surface area contributed by atoms with Gasteiger partial charge in [0, 0.05) is 17.1 Å². The van der Waals surface area contributed by atoms with E-state index in [1.54, 1.807) is 0 Å². The second kappa shape index (κ2) is 7.58. The van der Waals surface area contributed by atoms with Gasteiger partial charge in [0.2, 0.25) is 0 Å². The van der Waals surface area contributed by atoms with Crippen LogP contribution in [0.1, 0.15) is 37.4 Å². The molecular formula is C18H21ClFN. The third kappa shape index (κ3) is 4.55. The van der Waals surface area contributed by atoms with Crippen molar-refractivity contribution in [3.05, 3.63) is 70.5 Å². The molecule has 21 heavy (non-hydrogen) atoms. The van der Waals surface area contributed by atoms with E-state index in [4.69, 9.17) is 11.6 Å². The van der Waals surface area contributed by atoms with Gasteiger partial charge in [0.1, 0.15) is 5.82 Å². The van der Waals surface area contributed by atoms with Crippen molar-refractivity contribution in [2.24, 2.45) is 0 Å². The minimum atomic E-state index is -0.197. The molecule has 1 N–H and O–H groups in total. The molecule has 2 aromatic rings. The number of hydrogen-bond donors (Lipinski definition) is 1. The van der Waals surface area contributed by atoms with E-state index in [9.17, 15) is 4.39 Å². The zero-order chi connectivity index (χ0) is 15.2. The molecule has 0 saturated carbocycles. The third-order valence-corrected chi connectivity index (χ3v) is 4.02. The number of nitrogens with one attached hydrogen (secondary N) is 1. The zero-order valence-corrected chi connectivity index (χ0v) is 13.2. The summed E-state index contributed by atoms with van der Waals surface area (Å²) in [7, 11) is 0. The third-order valence-electron chi connectivity index (χ3n) is 3.65. The Morgan fingerprint density at radius 2 is 1.76 bits per heavy atom. The molecule has 2 unspecified atom stereocenters. The highest BCUT2D eigenvalue weighted by atomic mass is 35.5. The van der Waals surface area contributed by atoms with Crippen LogP contribution in [-0.2, 0) is 6.42 Å². The lowest BCUT2D eigenvalue weighted by Crippen LogP contribution is -2.32. The fourth-order valence-corrected chi connectivity index (χ4v) is 2.75. The van der Waals surface area contributed by atoms with Crippen LogP contribution in [0.2, 0.25) is 5.02 Å². The van der Waals surface area contributed by atoms with E-state index in [0.29, 0.717) is 6.04 Å². The van der Waals surface area contributed by atoms with Crippen LogP contribution in [0.25, 0.3) is 0 Å². The Hall–Kier alpha value is -1.38. The van der Waals surface area contributed by atoms with Crippen molar-refractivity contribution < 1.29 is 4.39 Å². The summed E-state index contributed by atoms with van der Waals surface area (Å²) in [6, 6.07) is 15.2. The Kier molecular flexibility index (Phi) is 5.77. The summed E-state index contributed by atoms with van der Waals surface area (Å²) in [5.74, 6) is -0.197. The number of halogens is 2. The molecule has 0 aliphatic rings. The summed E-state index contributed by atoms with van der Waals surface area (Å²) in [5, 5.41) is 4.40. The fourth-order valence-electron chi connectivity index (χ4n) is 2.54. The first-order valence-electron chi connectivity index (χ1n) is 7.35. The lowest BCUT2D eigenvalue weighted by molar-refractivity contribution is 0.443. The van der Waals surface area contributed by atoms with Crippen molar-refractivity contribution in [3.8, 4) is 0 Å². The van der Waals surface area contributed by atoms with Gasteiger partial charge in [-0.15, -0.1) is 0 Å². The van der Waals surface area contributed by atoms with Crippen molar-refractivity contribution >= 4 is 11.6 Å². The Labute approximate surface area is 131 Å². The molecular weight excluding hydrogens is 285 g/mol. The Balaban J connectivity index is 2.01. The van der Waals surface area contributed by atoms with E-state index in [0.717, 1.165) is 29.0 Å². The van der Waals surface area contributed by atoms with Crippen molar-refractivity contribution in [1.29, 1.82) is 0 Å². The molecule has 0 spiro atoms. The molecule has 2 rings (SSSR count). The summed E-state index contributed by atoms with van der Waals surface area (Å²) in [6.07, 6.45) is 1.83. The van der Waals surface area contributed by atoms with Crippen LogP contribution in [0.15, 0.2) is 48.5 Å². The summed E-state index contributed by atoms with van der Waals surface area (Å²) < 4.78 is 13.0. The zero-order valence-electron chi connectivity index (χ0n) is 12.4. The highest BCUT2D eigenvalue weighted by molar-refractivity contribution is 6.31. The van der Waals surface area contributed by atoms with Gasteiger partial charge in [0.15, 0.2) is 0 Å². The molecule has 0 fully saturated rings. The van der Waals surface area contributed by atoms with E-state index >= 15 is 0 Å². The van der Waals surface area contributed by atoms with Crippen molar-refractivity contribution in [1.82, 2.24) is 5.32 Å². The molecule has 2 atom stereocenters. The van der Waals surface area contributed by atoms with E-state index in [1.807, 2.05) is 30.3 Å². The van der Waals surface area contributed by atoms with Crippen LogP contribution in [0, 0.1) is 5.82 Å². The molecule has 0 aliphatic heterocycles. The fraction of sp³-hybridized carbons (Fsp3) is 0.333. The molecule has 3 heteroatoms. The summed E-state index contributed by atoms with van der Waals surface area (Å²) in [6.45, 7) is 4.28. The van der Waals surface area contributed by atoms with Gasteiger partial charge in [-0.05, 0) is 49.1 Å². The molecule has 0 aliphatic carbocycles. The van der Waals surface area contributed by atoms with Crippen LogP contribution in [0.5, 0.6) is 0 Å². The minimum absolute atomic E-state index is 0.197. The summed E-state index contributed by atoms with van der Waals surface area (Å²) >= 11 is 6.20. The molecule has 0 bridgehead atoms. The van der Waals surface area contributed by atoms with Crippen molar-refractivity contribution in [3.63, 3.8) is 0 Å². The normalized spacial score (nSPS) is 13.9. The van der Waals surface area contributed by atoms with Crippen LogP contribution in [0.3, 0.4) is 0 Å². The first-order valence-corrected chi connectivity index (χ1v) is 7.73. The first kappa shape index (κ1) is 16.0. The Morgan fingerprint density at radius 1 is 1.10 bits per heavy atom. The molecule has 0 saturated heterocycles. The van der Waals surface area contributed by atoms with Gasteiger partial charge in [0.05, 0.1) is 0 Å². The van der Waals surface area contributed by atoms with E-state index in [2.05, 4.69) is 25.2 Å². The molecule has 0 radical (unpaired) electrons. The van der Waals surface area contributed by atoms with Gasteiger partial charge in [-0.3, -0.25) is 0 Å². The predicted molar refractivity (Wildman–Crippen MR) is 87.2 cm³/mol. The maximum atomic E-state index is 13.0. The molecule has 112 valence electrons. The SMILES string of the molecule is CCC(NC(C)Cc1ccccc1Cl)c1ccc(F)cc1. The summed E-state index contributed by atoms with van der Waals surface area (Å²) in [4.78, 5) is 0. The standard InChI is InChI=1S/C18H21ClFN/c1-3-18(14-8-10-16(20)11-9-14)21-13(2)12-15-6-4-5-7-17(15)19/h4-11,13,18,21H,3,12H2,1-2H3. The van der Waals surface area contributed by atoms with Gasteiger partial charge < -0.3 is 5.32 Å². The van der Waals surface area contributed by atoms with Gasteiger partial charge >= 0.3 is 0 Å². The van der Waals surface area contributed by atoms with Crippen LogP contribution < -0.4 is 5.32 Å². The smallest absolute Gasteiger partial charge is 0.123 e. The maximum absolute atomic E-state index is 13.0. The monoisotopic (exact) mass is 305 g/mol. The second-order valence-electron chi connectivity index (χ2n) is 5.38. The van der Waals surface area contributed by atoms with Gasteiger partial charge in [-0.1, -0.05) is 48.9 Å². The van der Waals surface area contributed by atoms with Crippen LogP contribution in [0.4, 0.5) is 4.39 Å². The summed E-state index contributed by atoms with van der Waals surface area (Å²) in [5.41, 5.74) is 2.26. The van der Waals surface area contributed by atoms with Crippen LogP contribution in [-0.4, -0.2) is 6.04 Å². The largest absolute Gasteiger partial charge is 0.307 e. The van der Waals surface area contributed by atoms with E-state index < -0.39 is 0 Å². The highest BCUT2D eigenvalue weighted by Crippen LogP contribution is 2.20. The second-order valence-corrected chi connectivity index (χ2v) is 5.78. The minimum Gasteiger partial charge on any atom is -0.307 e. The van der Waals surface area contributed by atoms with E-state index in [-0.39, 0.29) is 11.9 Å². The molecule has 0 aromatic heterocycles. The quantitative estimate of drug-likeness (QED) is 0.778. The van der Waals surface area contributed by atoms with Crippen molar-refractivity contribution in [2.75, 3.05) is 0 Å². The van der Waals surface area contributed by atoms with Gasteiger partial charge in [0.25, 0.3) is 0 Å². The number of hydrogen-bond acceptors (Lipinski definition) is 1. The van der Waals surface area contributed by atoms with Gasteiger partial charge in [-0.25, -0.2) is 4.39 Å². The predicted octanol–water partition coefficient (Wildman–Crippen LogP) is 5.15. The maximum Gasteiger partial charge on any atom is 0.123 e. The Morgan fingerprint density at radius 3 is 2.38 bits per heavy atom. The number of benzene rings is 2. The molecule has 1 nitrogen and oxygen atoms in total. The molecule has 2 aromatic carbocycles. The number of rotatable bonds is 6. The first-order chi connectivity index (χ1) is 10.1. The molecule has 0 heterocycles. The lowest BCUT2D eigenvalue weighted by Gasteiger charge is -2.23. The molecule has 0 amide bonds. The van der Waals surface area contributed by atoms with Crippen LogP contribution >= 0.6 is 11.6 Å². The Bertz CT molecular complexity index is 568. The highest BCUT2D eigenvalue weighted by Gasteiger charge is 2.13. The van der Waals surface area contributed by atoms with Crippen molar-refractivity contribution in [2.45, 2.75) is 38.8 Å². The average Bonchev–Trinajstić information content (AvgIpc) is 2.48. The van der Waals surface area contributed by atoms with E-state index in [1.165, 1.54) is 12.1 Å². The lowest BCUT2D eigenvalue weighted by atomic mass is 10.0. The van der Waals surface area contributed by atoms with Gasteiger partial charge in [-0.2, -0.15) is 0 Å². The average molecular weight is 306 g/mol.